The van der Waals surface area contributed by atoms with Crippen LogP contribution in [-0.2, 0) is 10.8 Å². The lowest BCUT2D eigenvalue weighted by Gasteiger charge is -2.21. The van der Waals surface area contributed by atoms with Crippen LogP contribution >= 0.6 is 0 Å². The highest BCUT2D eigenvalue weighted by atomic mass is 28.2. The number of hydrogen-bond donors (Lipinski definition) is 0. The van der Waals surface area contributed by atoms with Crippen molar-refractivity contribution >= 4 is 25.4 Å². The largest absolute Gasteiger partial charge is 0.260 e. The zero-order valence-electron chi connectivity index (χ0n) is 22.8. The van der Waals surface area contributed by atoms with E-state index in [4.69, 9.17) is 9.97 Å². The molecule has 37 heavy (non-hydrogen) atoms. The van der Waals surface area contributed by atoms with E-state index in [1.54, 1.807) is 0 Å². The van der Waals surface area contributed by atoms with Crippen molar-refractivity contribution in [3.05, 3.63) is 131 Å². The Kier molecular flexibility index (Phi) is 6.68. The molecule has 0 bridgehead atoms. The Labute approximate surface area is 224 Å². The van der Waals surface area contributed by atoms with Crippen LogP contribution in [0.15, 0.2) is 97.3 Å². The average molecular weight is 501 g/mol. The van der Waals surface area contributed by atoms with Crippen LogP contribution in [0.25, 0.3) is 11.1 Å². The number of aromatic nitrogens is 2. The van der Waals surface area contributed by atoms with Crippen molar-refractivity contribution in [3.8, 4) is 0 Å². The average Bonchev–Trinajstić information content (AvgIpc) is 3.29. The van der Waals surface area contributed by atoms with E-state index in [9.17, 15) is 0 Å². The molecule has 186 valence electrons. The maximum Gasteiger partial charge on any atom is 0.0457 e. The summed E-state index contributed by atoms with van der Waals surface area (Å²) in [6.07, 6.45) is 4.21. The van der Waals surface area contributed by atoms with Gasteiger partial charge in [-0.15, -0.1) is 0 Å². The predicted octanol–water partition coefficient (Wildman–Crippen LogP) is 7.39. The second-order valence-electron chi connectivity index (χ2n) is 12.0. The van der Waals surface area contributed by atoms with Crippen molar-refractivity contribution in [2.75, 3.05) is 0 Å². The summed E-state index contributed by atoms with van der Waals surface area (Å²) in [7, 11) is -0.0756. The molecule has 0 saturated carbocycles. The lowest BCUT2D eigenvalue weighted by Crippen LogP contribution is -2.15. The van der Waals surface area contributed by atoms with Crippen molar-refractivity contribution in [3.63, 3.8) is 0 Å². The van der Waals surface area contributed by atoms with Gasteiger partial charge in [-0.1, -0.05) is 114 Å². The van der Waals surface area contributed by atoms with E-state index >= 15 is 0 Å². The smallest absolute Gasteiger partial charge is 0.0457 e. The molecule has 3 heterocycles. The van der Waals surface area contributed by atoms with Gasteiger partial charge in [-0.25, -0.2) is 0 Å². The molecule has 4 aromatic rings. The molecule has 1 atom stereocenters. The Bertz CT molecular complexity index is 1440. The van der Waals surface area contributed by atoms with Crippen molar-refractivity contribution in [2.45, 2.75) is 57.9 Å². The number of hydrogen-bond acceptors (Lipinski definition) is 2. The zero-order valence-corrected chi connectivity index (χ0v) is 23.9. The second-order valence-corrected chi connectivity index (χ2v) is 13.6. The SMILES string of the molecule is CC(C)(C)c1ccc(C2=[SiH]C(c3ccc(C(C)(C)C)nc3)C(c3ccccc3)=C2c2ccccc2)cn1. The van der Waals surface area contributed by atoms with Crippen molar-refractivity contribution in [1.82, 2.24) is 9.97 Å². The molecule has 5 rings (SSSR count). The molecule has 0 fully saturated rings. The Hall–Kier alpha value is -3.43. The van der Waals surface area contributed by atoms with E-state index < -0.39 is 0 Å². The molecule has 2 aromatic carbocycles. The first kappa shape index (κ1) is 25.2. The molecule has 0 aliphatic carbocycles. The van der Waals surface area contributed by atoms with Gasteiger partial charge in [0.25, 0.3) is 0 Å². The first-order valence-electron chi connectivity index (χ1n) is 13.1. The van der Waals surface area contributed by atoms with Crippen LogP contribution in [-0.4, -0.2) is 24.3 Å². The number of allylic oxidation sites excluding steroid dienone is 2. The Morgan fingerprint density at radius 2 is 1.11 bits per heavy atom. The summed E-state index contributed by atoms with van der Waals surface area (Å²) in [6, 6.07) is 30.8. The van der Waals surface area contributed by atoms with Crippen LogP contribution in [0.5, 0.6) is 0 Å². The normalized spacial score (nSPS) is 16.2. The van der Waals surface area contributed by atoms with Crippen LogP contribution in [0.4, 0.5) is 0 Å². The van der Waals surface area contributed by atoms with Gasteiger partial charge >= 0.3 is 0 Å². The van der Waals surface area contributed by atoms with Gasteiger partial charge < -0.3 is 0 Å². The van der Waals surface area contributed by atoms with Gasteiger partial charge in [0.1, 0.15) is 0 Å². The van der Waals surface area contributed by atoms with E-state index in [0.29, 0.717) is 5.54 Å². The van der Waals surface area contributed by atoms with Gasteiger partial charge in [-0.05, 0) is 50.7 Å². The highest BCUT2D eigenvalue weighted by molar-refractivity contribution is 6.76. The Morgan fingerprint density at radius 3 is 1.59 bits per heavy atom. The van der Waals surface area contributed by atoms with Gasteiger partial charge in [0, 0.05) is 49.3 Å². The van der Waals surface area contributed by atoms with E-state index in [0.717, 1.165) is 11.4 Å². The van der Waals surface area contributed by atoms with Crippen LogP contribution in [0, 0.1) is 0 Å². The quantitative estimate of drug-likeness (QED) is 0.273. The van der Waals surface area contributed by atoms with Crippen molar-refractivity contribution < 1.29 is 0 Å². The van der Waals surface area contributed by atoms with Crippen LogP contribution in [0.3, 0.4) is 0 Å². The molecule has 0 saturated heterocycles. The molecule has 1 aliphatic heterocycles. The maximum atomic E-state index is 4.93. The standard InChI is InChI=1S/C34H36N2Si/c1-33(2,3)27-19-17-25(21-35-27)31-29(23-13-9-7-10-14-23)30(24-15-11-8-12-16-24)32(37-31)26-18-20-28(36-22-26)34(4,5)6/h7-22,31,37H,1-6H3. The summed E-state index contributed by atoms with van der Waals surface area (Å²) < 4.78 is 0. The predicted molar refractivity (Wildman–Crippen MR) is 160 cm³/mol. The molecule has 1 unspecified atom stereocenters. The molecule has 3 heteroatoms. The molecule has 0 amide bonds. The van der Waals surface area contributed by atoms with Gasteiger partial charge in [0.05, 0.1) is 0 Å². The summed E-state index contributed by atoms with van der Waals surface area (Å²) in [4.78, 5) is 9.84. The van der Waals surface area contributed by atoms with Crippen LogP contribution < -0.4 is 0 Å². The molecule has 2 aromatic heterocycles. The second kappa shape index (κ2) is 9.79. The fourth-order valence-electron chi connectivity index (χ4n) is 5.02. The molecule has 0 N–H and O–H groups in total. The van der Waals surface area contributed by atoms with Gasteiger partial charge in [0.15, 0.2) is 0 Å². The van der Waals surface area contributed by atoms with E-state index in [1.165, 1.54) is 38.6 Å². The summed E-state index contributed by atoms with van der Waals surface area (Å²) in [6.45, 7) is 13.3. The lowest BCUT2D eigenvalue weighted by molar-refractivity contribution is 0.568. The number of benzene rings is 2. The lowest BCUT2D eigenvalue weighted by atomic mass is 9.86. The third kappa shape index (κ3) is 5.19. The number of nitrogens with zero attached hydrogens (tertiary/aromatic N) is 2. The number of rotatable bonds is 4. The van der Waals surface area contributed by atoms with Crippen LogP contribution in [0.2, 0.25) is 0 Å². The minimum atomic E-state index is -0.0756. The van der Waals surface area contributed by atoms with E-state index in [1.807, 2.05) is 0 Å². The molecular formula is C34H36N2Si. The topological polar surface area (TPSA) is 25.8 Å². The van der Waals surface area contributed by atoms with Gasteiger partial charge in [-0.3, -0.25) is 9.97 Å². The van der Waals surface area contributed by atoms with Crippen LogP contribution in [0.1, 0.15) is 80.7 Å². The fraction of sp³-hybridized carbons (Fsp3) is 0.265. The minimum Gasteiger partial charge on any atom is -0.260 e. The summed E-state index contributed by atoms with van der Waals surface area (Å²) >= 11 is 0. The molecule has 0 radical (unpaired) electrons. The van der Waals surface area contributed by atoms with E-state index in [2.05, 4.69) is 139 Å². The Morgan fingerprint density at radius 1 is 0.568 bits per heavy atom. The molecule has 2 nitrogen and oxygen atoms in total. The monoisotopic (exact) mass is 500 g/mol. The van der Waals surface area contributed by atoms with E-state index in [-0.39, 0.29) is 20.0 Å². The highest BCUT2D eigenvalue weighted by Gasteiger charge is 2.31. The first-order chi connectivity index (χ1) is 17.6. The first-order valence-corrected chi connectivity index (χ1v) is 14.4. The third-order valence-corrected chi connectivity index (χ3v) is 9.09. The molecular weight excluding hydrogens is 464 g/mol. The van der Waals surface area contributed by atoms with Crippen molar-refractivity contribution in [2.24, 2.45) is 0 Å². The maximum absolute atomic E-state index is 4.93. The number of pyridine rings is 2. The summed E-state index contributed by atoms with van der Waals surface area (Å²) in [5.41, 5.74) is 10.5. The molecule has 1 aliphatic rings. The molecule has 0 spiro atoms. The zero-order chi connectivity index (χ0) is 26.2. The minimum absolute atomic E-state index is 0.0298. The summed E-state index contributed by atoms with van der Waals surface area (Å²) in [5.74, 6) is 0. The fourth-order valence-corrected chi connectivity index (χ4v) is 7.13. The van der Waals surface area contributed by atoms with Crippen molar-refractivity contribution in [1.29, 1.82) is 0 Å². The van der Waals surface area contributed by atoms with Gasteiger partial charge in [-0.2, -0.15) is 0 Å². The highest BCUT2D eigenvalue weighted by Crippen LogP contribution is 2.43. The Balaban J connectivity index is 1.73. The third-order valence-electron chi connectivity index (χ3n) is 7.09. The van der Waals surface area contributed by atoms with Gasteiger partial charge in [0.2, 0.25) is 0 Å². The summed E-state index contributed by atoms with van der Waals surface area (Å²) in [5, 5.41) is 1.43.